The maximum Gasteiger partial charge on any atom is 0.240 e. The summed E-state index contributed by atoms with van der Waals surface area (Å²) in [7, 11) is 0. The molecule has 0 saturated carbocycles. The number of carbonyl (C=O) groups excluding carboxylic acids is 3. The Kier molecular flexibility index (Phi) is 15.0. The Labute approximate surface area is 447 Å². The molecule has 15 N–H and O–H groups in total. The van der Waals surface area contributed by atoms with E-state index in [1.807, 2.05) is 97.1 Å². The minimum Gasteiger partial charge on any atom is -0.462 e. The van der Waals surface area contributed by atoms with Crippen LogP contribution in [-0.2, 0) is 19.1 Å². The minimum absolute atomic E-state index is 0.278. The maximum absolute atomic E-state index is 12.6. The number of aliphatic hydroxyl groups excluding tert-OH is 4. The van der Waals surface area contributed by atoms with Gasteiger partial charge in [0.05, 0.1) is 47.5 Å². The first-order valence-electron chi connectivity index (χ1n) is 25.3. The number of fused-ring (bicyclic) bond motifs is 8. The predicted molar refractivity (Wildman–Crippen MR) is 302 cm³/mol. The highest BCUT2D eigenvalue weighted by molar-refractivity contribution is 6.02. The van der Waals surface area contributed by atoms with Crippen LogP contribution in [0.2, 0.25) is 0 Å². The van der Waals surface area contributed by atoms with Gasteiger partial charge in [-0.25, -0.2) is 9.97 Å². The SMILES string of the molecule is C[C@H](N)C(=O)Nc1ccc(-c2c3nc(c(-c4ccc(NC(=O)[C@H](C)N)cc4)c4ccc([nH]4)c(-c4ccc(O[C@@H]5O[C@H](CO)[C@@H](O)[C@H](O)[C@H]5O)cc4)c4ccc([nH]4)c(-c4ccc(NC(=O)[C@H](C)N)cc4)c4nc2C=C4)C=C3)cc1. The number of aromatic nitrogens is 4. The molecule has 1 saturated heterocycles. The second-order valence-electron chi connectivity index (χ2n) is 19.4. The standard InChI is InChI=1S/C59H58N10O9/c1-29(60)56(74)63-36-12-4-32(5-13-36)49-40-20-22-42(66-40)50(33-6-14-37(15-7-33)64-57(75)30(2)61)44-24-26-46(68-44)52(35-10-18-39(19-11-35)77-59-55(73)54(72)53(71)48(28-70)78-59)47-27-25-45(69-47)51(43-23-21-41(49)67-43)34-8-16-38(17-9-34)65-58(76)31(3)62/h4-27,29-31,48,53-55,59,68-73H,28,60-62H2,1-3H3,(H,63,74)(H,64,75)(H,65,76)/t29-,30-,31-,48+,53+,54-,55+,59+/m0/s1. The van der Waals surface area contributed by atoms with Crippen molar-refractivity contribution in [3.05, 3.63) is 144 Å². The summed E-state index contributed by atoms with van der Waals surface area (Å²) in [6.07, 6.45) is 0.429. The van der Waals surface area contributed by atoms with Crippen LogP contribution in [0.1, 0.15) is 43.5 Å². The van der Waals surface area contributed by atoms with Gasteiger partial charge in [-0.15, -0.1) is 0 Å². The van der Waals surface area contributed by atoms with Gasteiger partial charge in [-0.1, -0.05) is 48.5 Å². The molecule has 10 rings (SSSR count). The van der Waals surface area contributed by atoms with Crippen LogP contribution in [0.5, 0.6) is 5.75 Å². The van der Waals surface area contributed by atoms with Crippen molar-refractivity contribution in [2.75, 3.05) is 22.6 Å². The highest BCUT2D eigenvalue weighted by atomic mass is 16.7. The van der Waals surface area contributed by atoms with Gasteiger partial charge in [-0.2, -0.15) is 0 Å². The molecule has 3 amide bonds. The molecule has 0 spiro atoms. The number of nitrogens with one attached hydrogen (secondary N) is 5. The first-order valence-corrected chi connectivity index (χ1v) is 25.3. The highest BCUT2D eigenvalue weighted by Gasteiger charge is 2.44. The lowest BCUT2D eigenvalue weighted by Gasteiger charge is -2.39. The number of hydrogen-bond donors (Lipinski definition) is 12. The molecule has 3 aliphatic heterocycles. The number of carbonyl (C=O) groups is 3. The number of H-pyrrole nitrogens is 2. The number of ether oxygens (including phenoxy) is 2. The van der Waals surface area contributed by atoms with Gasteiger partial charge in [0.25, 0.3) is 0 Å². The fourth-order valence-electron chi connectivity index (χ4n) is 9.35. The second kappa shape index (κ2) is 22.1. The van der Waals surface area contributed by atoms with Crippen molar-refractivity contribution in [3.63, 3.8) is 0 Å². The highest BCUT2D eigenvalue weighted by Crippen LogP contribution is 2.40. The number of aliphatic hydroxyl groups is 4. The molecule has 4 aromatic carbocycles. The van der Waals surface area contributed by atoms with Crippen LogP contribution in [0.15, 0.2) is 121 Å². The molecule has 1 fully saturated rings. The first-order chi connectivity index (χ1) is 37.5. The number of nitrogens with zero attached hydrogens (tertiary/aromatic N) is 2. The molecule has 0 unspecified atom stereocenters. The van der Waals surface area contributed by atoms with Crippen molar-refractivity contribution in [2.24, 2.45) is 17.2 Å². The lowest BCUT2D eigenvalue weighted by Crippen LogP contribution is -2.60. The van der Waals surface area contributed by atoms with E-state index in [9.17, 15) is 34.8 Å². The third kappa shape index (κ3) is 10.9. The summed E-state index contributed by atoms with van der Waals surface area (Å²) >= 11 is 0. The van der Waals surface area contributed by atoms with E-state index in [2.05, 4.69) is 25.9 Å². The fraction of sp³-hybridized carbons (Fsp3) is 0.203. The maximum atomic E-state index is 12.6. The van der Waals surface area contributed by atoms with Crippen LogP contribution in [0.4, 0.5) is 17.1 Å². The molecular weight excluding hydrogens is 993 g/mol. The normalized spacial score (nSPS) is 18.9. The minimum atomic E-state index is -1.62. The van der Waals surface area contributed by atoms with Crippen LogP contribution in [0.3, 0.4) is 0 Å². The molecule has 8 atom stereocenters. The topological polar surface area (TPSA) is 322 Å². The molecular formula is C59H58N10O9. The average molecular weight is 1050 g/mol. The van der Waals surface area contributed by atoms with Crippen LogP contribution < -0.4 is 37.9 Å². The van der Waals surface area contributed by atoms with Crippen molar-refractivity contribution in [3.8, 4) is 50.3 Å². The second-order valence-corrected chi connectivity index (χ2v) is 19.4. The lowest BCUT2D eigenvalue weighted by atomic mass is 9.99. The Balaban J connectivity index is 1.21. The van der Waals surface area contributed by atoms with Crippen LogP contribution in [0.25, 0.3) is 90.9 Å². The van der Waals surface area contributed by atoms with Crippen molar-refractivity contribution in [2.45, 2.75) is 69.6 Å². The summed E-state index contributed by atoms with van der Waals surface area (Å²) in [5.41, 5.74) is 30.5. The monoisotopic (exact) mass is 1050 g/mol. The van der Waals surface area contributed by atoms with Gasteiger partial charge in [0, 0.05) is 61.4 Å². The molecule has 8 bridgehead atoms. The molecule has 6 heterocycles. The molecule has 0 radical (unpaired) electrons. The number of benzene rings is 4. The van der Waals surface area contributed by atoms with Crippen LogP contribution in [0, 0.1) is 0 Å². The number of rotatable bonds is 13. The summed E-state index contributed by atoms with van der Waals surface area (Å²) in [5, 5.41) is 50.0. The molecule has 0 aliphatic carbocycles. The van der Waals surface area contributed by atoms with Crippen molar-refractivity contribution >= 4 is 81.2 Å². The Morgan fingerprint density at radius 3 is 1.21 bits per heavy atom. The average Bonchev–Trinajstić information content (AvgIpc) is 4.41. The molecule has 78 heavy (non-hydrogen) atoms. The summed E-state index contributed by atoms with van der Waals surface area (Å²) in [4.78, 5) is 55.9. The van der Waals surface area contributed by atoms with Gasteiger partial charge in [0.15, 0.2) is 0 Å². The number of aromatic amines is 2. The van der Waals surface area contributed by atoms with Crippen LogP contribution >= 0.6 is 0 Å². The quantitative estimate of drug-likeness (QED) is 0.0598. The summed E-state index contributed by atoms with van der Waals surface area (Å²) in [6, 6.07) is 35.0. The fourth-order valence-corrected chi connectivity index (χ4v) is 9.35. The zero-order chi connectivity index (χ0) is 54.9. The molecule has 3 aromatic heterocycles. The number of hydrogen-bond acceptors (Lipinski definition) is 14. The smallest absolute Gasteiger partial charge is 0.240 e. The van der Waals surface area contributed by atoms with Gasteiger partial charge >= 0.3 is 0 Å². The van der Waals surface area contributed by atoms with E-state index in [0.717, 1.165) is 38.9 Å². The third-order valence-corrected chi connectivity index (χ3v) is 13.6. The molecule has 19 heteroatoms. The number of nitrogens with two attached hydrogens (primary N) is 3. The van der Waals surface area contributed by atoms with Crippen molar-refractivity contribution < 1.29 is 44.3 Å². The molecule has 19 nitrogen and oxygen atoms in total. The summed E-state index contributed by atoms with van der Waals surface area (Å²) in [5.74, 6) is -0.711. The van der Waals surface area contributed by atoms with Crippen molar-refractivity contribution in [1.82, 2.24) is 19.9 Å². The Bertz CT molecular complexity index is 3480. The van der Waals surface area contributed by atoms with Gasteiger partial charge in [-0.3, -0.25) is 14.4 Å². The summed E-state index contributed by atoms with van der Waals surface area (Å²) in [6.45, 7) is 4.23. The largest absolute Gasteiger partial charge is 0.462 e. The van der Waals surface area contributed by atoms with E-state index in [1.165, 1.54) is 0 Å². The van der Waals surface area contributed by atoms with E-state index in [4.69, 9.17) is 36.6 Å². The first kappa shape index (κ1) is 52.8. The zero-order valence-electron chi connectivity index (χ0n) is 42.6. The van der Waals surface area contributed by atoms with E-state index in [-0.39, 0.29) is 23.5 Å². The van der Waals surface area contributed by atoms with Gasteiger partial charge in [0.2, 0.25) is 24.0 Å². The van der Waals surface area contributed by atoms with Crippen molar-refractivity contribution in [1.29, 1.82) is 0 Å². The molecule has 398 valence electrons. The third-order valence-electron chi connectivity index (χ3n) is 13.6. The Morgan fingerprint density at radius 2 is 0.833 bits per heavy atom. The Morgan fingerprint density at radius 1 is 0.500 bits per heavy atom. The van der Waals surface area contributed by atoms with Gasteiger partial charge in [-0.05, 0) is 140 Å². The number of anilines is 3. The van der Waals surface area contributed by atoms with E-state index < -0.39 is 55.4 Å². The lowest BCUT2D eigenvalue weighted by molar-refractivity contribution is -0.277. The zero-order valence-corrected chi connectivity index (χ0v) is 42.6. The van der Waals surface area contributed by atoms with Gasteiger partial charge in [0.1, 0.15) is 30.2 Å². The summed E-state index contributed by atoms with van der Waals surface area (Å²) < 4.78 is 11.6. The van der Waals surface area contributed by atoms with Crippen LogP contribution in [-0.4, -0.2) is 114 Å². The van der Waals surface area contributed by atoms with E-state index >= 15 is 0 Å². The number of amides is 3. The predicted octanol–water partition coefficient (Wildman–Crippen LogP) is 6.36. The Hall–Kier alpha value is -8.63. The van der Waals surface area contributed by atoms with E-state index in [1.54, 1.807) is 69.3 Å². The van der Waals surface area contributed by atoms with E-state index in [0.29, 0.717) is 67.5 Å². The van der Waals surface area contributed by atoms with Gasteiger partial charge < -0.3 is 73.0 Å². The molecule has 7 aromatic rings. The molecule has 3 aliphatic rings.